The van der Waals surface area contributed by atoms with E-state index >= 15 is 0 Å². The van der Waals surface area contributed by atoms with Crippen LogP contribution >= 0.6 is 11.6 Å². The number of nitrogens with one attached hydrogen (secondary N) is 2. The first-order valence-electron chi connectivity index (χ1n) is 18.4. The molecule has 0 aromatic heterocycles. The Morgan fingerprint density at radius 2 is 1.71 bits per heavy atom. The number of amides is 4. The first-order valence-corrected chi connectivity index (χ1v) is 18.8. The van der Waals surface area contributed by atoms with Gasteiger partial charge in [0, 0.05) is 39.4 Å². The summed E-state index contributed by atoms with van der Waals surface area (Å²) in [6, 6.07) is 5.58. The molecule has 8 atom stereocenters. The van der Waals surface area contributed by atoms with Gasteiger partial charge in [-0.05, 0) is 69.8 Å². The number of carbonyl (C=O) groups is 4. The van der Waals surface area contributed by atoms with Crippen molar-refractivity contribution in [2.24, 2.45) is 23.5 Å². The molecule has 0 spiro atoms. The fourth-order valence-corrected chi connectivity index (χ4v) is 7.78. The molecule has 1 aromatic rings. The molecule has 0 radical (unpaired) electrons. The second-order valence-corrected chi connectivity index (χ2v) is 14.9. The van der Waals surface area contributed by atoms with E-state index in [4.69, 9.17) is 26.8 Å². The van der Waals surface area contributed by atoms with Crippen LogP contribution in [0.3, 0.4) is 0 Å². The highest BCUT2D eigenvalue weighted by atomic mass is 35.5. The smallest absolute Gasteiger partial charge is 0.245 e. The summed E-state index contributed by atoms with van der Waals surface area (Å²) in [6.45, 7) is 11.0. The van der Waals surface area contributed by atoms with Crippen molar-refractivity contribution in [2.75, 3.05) is 55.0 Å². The number of hydrogen-bond acceptors (Lipinski definition) is 8. The average molecular weight is 737 g/mol. The Morgan fingerprint density at radius 1 is 1.04 bits per heavy atom. The Labute approximate surface area is 311 Å². The van der Waals surface area contributed by atoms with E-state index in [0.717, 1.165) is 18.4 Å². The number of methoxy groups -OCH3 is 2. The summed E-state index contributed by atoms with van der Waals surface area (Å²) >= 11 is 6.28. The largest absolute Gasteiger partial charge is 0.379 e. The number of rotatable bonds is 21. The summed E-state index contributed by atoms with van der Waals surface area (Å²) in [4.78, 5) is 60.0. The number of nitrogens with zero attached hydrogens (tertiary/aromatic N) is 3. The van der Waals surface area contributed by atoms with Gasteiger partial charge in [-0.1, -0.05) is 70.8 Å². The number of likely N-dealkylation sites (tertiary alicyclic amines) is 1. The number of benzene rings is 1. The number of nitrogens with two attached hydrogens (primary N) is 1. The predicted molar refractivity (Wildman–Crippen MR) is 202 cm³/mol. The Kier molecular flexibility index (Phi) is 18.9. The second kappa shape index (κ2) is 21.7. The van der Waals surface area contributed by atoms with Crippen LogP contribution in [-0.2, 0) is 35.1 Å². The molecule has 1 fully saturated rings. The summed E-state index contributed by atoms with van der Waals surface area (Å²) in [5.41, 5.74) is 6.88. The highest BCUT2D eigenvalue weighted by Crippen LogP contribution is 2.29. The summed E-state index contributed by atoms with van der Waals surface area (Å²) in [5, 5.41) is 6.64. The molecule has 1 aliphatic rings. The van der Waals surface area contributed by atoms with Crippen molar-refractivity contribution in [2.45, 2.75) is 110 Å². The van der Waals surface area contributed by atoms with E-state index in [9.17, 15) is 19.2 Å². The molecule has 4 N–H and O–H groups in total. The van der Waals surface area contributed by atoms with Gasteiger partial charge in [-0.2, -0.15) is 0 Å². The lowest BCUT2D eigenvalue weighted by atomic mass is 9.90. The fraction of sp³-hybridized carbons (Fsp3) is 0.737. The predicted octanol–water partition coefficient (Wildman–Crippen LogP) is 3.34. The molecular weight excluding hydrogens is 672 g/mol. The molecule has 1 saturated heterocycles. The van der Waals surface area contributed by atoms with Gasteiger partial charge in [0.2, 0.25) is 23.6 Å². The highest BCUT2D eigenvalue weighted by Gasteiger charge is 2.42. The minimum Gasteiger partial charge on any atom is -0.379 e. The molecule has 1 heterocycles. The van der Waals surface area contributed by atoms with E-state index in [2.05, 4.69) is 10.6 Å². The lowest BCUT2D eigenvalue weighted by molar-refractivity contribution is -0.147. The van der Waals surface area contributed by atoms with Gasteiger partial charge in [-0.3, -0.25) is 24.1 Å². The third-order valence-electron chi connectivity index (χ3n) is 10.4. The van der Waals surface area contributed by atoms with Crippen molar-refractivity contribution in [3.05, 3.63) is 34.9 Å². The van der Waals surface area contributed by atoms with Crippen molar-refractivity contribution in [1.29, 1.82) is 0 Å². The maximum absolute atomic E-state index is 14.1. The van der Waals surface area contributed by atoms with Crippen LogP contribution in [0.4, 0.5) is 0 Å². The fourth-order valence-electron chi connectivity index (χ4n) is 7.55. The quantitative estimate of drug-likeness (QED) is 0.174. The zero-order valence-electron chi connectivity index (χ0n) is 32.6. The summed E-state index contributed by atoms with van der Waals surface area (Å²) in [5.74, 6) is -1.27. The maximum atomic E-state index is 14.1. The molecule has 51 heavy (non-hydrogen) atoms. The van der Waals surface area contributed by atoms with Gasteiger partial charge in [0.15, 0.2) is 0 Å². The topological polar surface area (TPSA) is 147 Å². The molecule has 12 nitrogen and oxygen atoms in total. The molecule has 0 aliphatic carbocycles. The minimum absolute atomic E-state index is 0.0216. The van der Waals surface area contributed by atoms with Crippen LogP contribution in [-0.4, -0.2) is 130 Å². The minimum atomic E-state index is -0.823. The van der Waals surface area contributed by atoms with E-state index in [1.165, 1.54) is 0 Å². The summed E-state index contributed by atoms with van der Waals surface area (Å²) in [7, 11) is 8.53. The number of hydrogen-bond donors (Lipinski definition) is 3. The van der Waals surface area contributed by atoms with E-state index in [0.29, 0.717) is 31.0 Å². The number of halogens is 1. The molecule has 0 saturated carbocycles. The average Bonchev–Trinajstić information content (AvgIpc) is 3.57. The van der Waals surface area contributed by atoms with Gasteiger partial charge in [-0.15, -0.1) is 0 Å². The van der Waals surface area contributed by atoms with Crippen LogP contribution < -0.4 is 16.4 Å². The van der Waals surface area contributed by atoms with Gasteiger partial charge >= 0.3 is 0 Å². The molecule has 290 valence electrons. The Balaban J connectivity index is 2.21. The van der Waals surface area contributed by atoms with Crippen LogP contribution in [0.15, 0.2) is 24.3 Å². The first-order chi connectivity index (χ1) is 24.1. The standard InChI is InChI=1S/C38H65ClN6O6/c1-11-25(4)34(44(8)38(49)29(18-20-40)42-37(48)33(24(2)3)43(6)7)31(50-9)23-32(46)45-22-14-17-30(45)35(51-10)26(5)36(47)41-21-19-27-15-12-13-16-28(27)39/h12-13,15-16,24-26,29-31,33-35H,11,14,17-23,40H2,1-10H3,(H,41,47)(H,42,48)/t25?,26?,29?,30-,31?,33?,34?,35?/m0/s1. The van der Waals surface area contributed by atoms with Gasteiger partial charge < -0.3 is 35.6 Å². The SMILES string of the molecule is CCC(C)C(C(CC(=O)N1CCC[C@H]1C(OC)C(C)C(=O)NCCc1ccccc1Cl)OC)N(C)C(=O)C(CCN)NC(=O)C(C(C)C)N(C)C. The van der Waals surface area contributed by atoms with E-state index in [1.54, 1.807) is 26.2 Å². The zero-order chi connectivity index (χ0) is 38.4. The van der Waals surface area contributed by atoms with Gasteiger partial charge in [0.1, 0.15) is 6.04 Å². The monoisotopic (exact) mass is 736 g/mol. The number of ether oxygens (including phenoxy) is 2. The van der Waals surface area contributed by atoms with Gasteiger partial charge in [-0.25, -0.2) is 0 Å². The molecule has 2 rings (SSSR count). The normalized spacial score (nSPS) is 18.9. The van der Waals surface area contributed by atoms with Crippen molar-refractivity contribution < 1.29 is 28.7 Å². The maximum Gasteiger partial charge on any atom is 0.245 e. The third-order valence-corrected chi connectivity index (χ3v) is 10.8. The van der Waals surface area contributed by atoms with Crippen molar-refractivity contribution in [3.63, 3.8) is 0 Å². The van der Waals surface area contributed by atoms with Gasteiger partial charge in [0.05, 0.1) is 42.7 Å². The number of likely N-dealkylation sites (N-methyl/N-ethyl adjacent to an activating group) is 2. The van der Waals surface area contributed by atoms with Gasteiger partial charge in [0.25, 0.3) is 0 Å². The summed E-state index contributed by atoms with van der Waals surface area (Å²) < 4.78 is 11.9. The Morgan fingerprint density at radius 3 is 2.25 bits per heavy atom. The van der Waals surface area contributed by atoms with E-state index < -0.39 is 36.3 Å². The molecular formula is C38H65ClN6O6. The van der Waals surface area contributed by atoms with Crippen molar-refractivity contribution in [1.82, 2.24) is 25.3 Å². The van der Waals surface area contributed by atoms with E-state index in [-0.39, 0.29) is 60.9 Å². The van der Waals surface area contributed by atoms with Crippen molar-refractivity contribution >= 4 is 35.2 Å². The molecule has 1 aromatic carbocycles. The molecule has 7 unspecified atom stereocenters. The zero-order valence-corrected chi connectivity index (χ0v) is 33.4. The summed E-state index contributed by atoms with van der Waals surface area (Å²) in [6.07, 6.45) is 2.02. The lowest BCUT2D eigenvalue weighted by Crippen LogP contribution is -2.58. The number of carbonyl (C=O) groups excluding carboxylic acids is 4. The van der Waals surface area contributed by atoms with Crippen LogP contribution in [0.2, 0.25) is 5.02 Å². The molecule has 1 aliphatic heterocycles. The highest BCUT2D eigenvalue weighted by molar-refractivity contribution is 6.31. The Hall–Kier alpha value is -2.77. The van der Waals surface area contributed by atoms with E-state index in [1.807, 2.05) is 82.8 Å². The van der Waals surface area contributed by atoms with Crippen LogP contribution in [0, 0.1) is 17.8 Å². The molecule has 13 heteroatoms. The van der Waals surface area contributed by atoms with Crippen molar-refractivity contribution in [3.8, 4) is 0 Å². The van der Waals surface area contributed by atoms with Crippen LogP contribution in [0.5, 0.6) is 0 Å². The lowest BCUT2D eigenvalue weighted by Gasteiger charge is -2.40. The first kappa shape index (κ1) is 44.4. The van der Waals surface area contributed by atoms with Crippen LogP contribution in [0.1, 0.15) is 72.3 Å². The van der Waals surface area contributed by atoms with Crippen LogP contribution in [0.25, 0.3) is 0 Å². The second-order valence-electron chi connectivity index (χ2n) is 14.5. The molecule has 4 amide bonds. The Bertz CT molecular complexity index is 1260. The third kappa shape index (κ3) is 12.1. The molecule has 0 bridgehead atoms.